The summed E-state index contributed by atoms with van der Waals surface area (Å²) in [5.41, 5.74) is 9.96. The number of carbonyl (C=O) groups is 2. The van der Waals surface area contributed by atoms with E-state index in [0.717, 1.165) is 17.7 Å². The first-order chi connectivity index (χ1) is 21.7. The molecule has 238 valence electrons. The van der Waals surface area contributed by atoms with Crippen molar-refractivity contribution in [3.05, 3.63) is 125 Å². The number of amides is 2. The van der Waals surface area contributed by atoms with Crippen molar-refractivity contribution in [2.75, 3.05) is 25.1 Å². The third-order valence-corrected chi connectivity index (χ3v) is 8.14. The SMILES string of the molecule is CS(=O)N[C@H](Cc1ccccc1)C(=O)N1CCC[C@H]1C(=O)NC/C=C/c1csc(N)n1.Cc1ccccc1.Cc1ccccc1. The summed E-state index contributed by atoms with van der Waals surface area (Å²) in [5.74, 6) is -0.394. The lowest BCUT2D eigenvalue weighted by Crippen LogP contribution is -2.53. The van der Waals surface area contributed by atoms with Crippen LogP contribution in [0.15, 0.2) is 102 Å². The van der Waals surface area contributed by atoms with Crippen LogP contribution in [0.3, 0.4) is 0 Å². The zero-order valence-corrected chi connectivity index (χ0v) is 27.7. The van der Waals surface area contributed by atoms with Crippen LogP contribution in [0, 0.1) is 13.8 Å². The zero-order chi connectivity index (χ0) is 32.4. The Hall–Kier alpha value is -4.12. The molecule has 3 aromatic carbocycles. The van der Waals surface area contributed by atoms with E-state index < -0.39 is 23.1 Å². The first kappa shape index (κ1) is 35.4. The fourth-order valence-corrected chi connectivity index (χ4v) is 5.75. The fourth-order valence-electron chi connectivity index (χ4n) is 4.64. The molecule has 0 bridgehead atoms. The molecular weight excluding hydrogens is 603 g/mol. The second-order valence-electron chi connectivity index (χ2n) is 10.6. The van der Waals surface area contributed by atoms with Crippen molar-refractivity contribution in [3.63, 3.8) is 0 Å². The van der Waals surface area contributed by atoms with Gasteiger partial charge in [0.1, 0.15) is 12.1 Å². The summed E-state index contributed by atoms with van der Waals surface area (Å²) >= 11 is 1.36. The molecule has 1 saturated heterocycles. The van der Waals surface area contributed by atoms with Gasteiger partial charge in [0.25, 0.3) is 0 Å². The van der Waals surface area contributed by atoms with Crippen LogP contribution in [0.2, 0.25) is 0 Å². The molecule has 1 unspecified atom stereocenters. The highest BCUT2D eigenvalue weighted by Crippen LogP contribution is 2.20. The van der Waals surface area contributed by atoms with Crippen molar-refractivity contribution in [1.29, 1.82) is 0 Å². The number of benzene rings is 3. The number of nitrogens with one attached hydrogen (secondary N) is 2. The van der Waals surface area contributed by atoms with Crippen LogP contribution in [0.5, 0.6) is 0 Å². The van der Waals surface area contributed by atoms with Crippen LogP contribution in [0.4, 0.5) is 5.13 Å². The highest BCUT2D eigenvalue weighted by atomic mass is 32.2. The Morgan fingerprint density at radius 1 is 1.00 bits per heavy atom. The Labute approximate surface area is 273 Å². The quantitative estimate of drug-likeness (QED) is 0.228. The Morgan fingerprint density at radius 3 is 2.07 bits per heavy atom. The molecule has 1 aliphatic rings. The van der Waals surface area contributed by atoms with Gasteiger partial charge in [0.05, 0.1) is 16.7 Å². The van der Waals surface area contributed by atoms with Crippen molar-refractivity contribution in [2.24, 2.45) is 0 Å². The van der Waals surface area contributed by atoms with Gasteiger partial charge in [0, 0.05) is 24.7 Å². The van der Waals surface area contributed by atoms with Gasteiger partial charge >= 0.3 is 0 Å². The van der Waals surface area contributed by atoms with Crippen molar-refractivity contribution in [3.8, 4) is 0 Å². The third-order valence-electron chi connectivity index (χ3n) is 6.83. The summed E-state index contributed by atoms with van der Waals surface area (Å²) in [6, 6.07) is 28.9. The number of nitrogens with zero attached hydrogens (tertiary/aromatic N) is 2. The minimum Gasteiger partial charge on any atom is -0.375 e. The molecule has 1 fully saturated rings. The van der Waals surface area contributed by atoms with Gasteiger partial charge < -0.3 is 16.0 Å². The van der Waals surface area contributed by atoms with Gasteiger partial charge in [-0.25, -0.2) is 13.9 Å². The van der Waals surface area contributed by atoms with E-state index in [0.29, 0.717) is 31.1 Å². The number of nitrogens with two attached hydrogens (primary N) is 1. The number of hydrogen-bond donors (Lipinski definition) is 3. The van der Waals surface area contributed by atoms with Crippen LogP contribution in [0.25, 0.3) is 6.08 Å². The molecule has 4 aromatic rings. The van der Waals surface area contributed by atoms with E-state index in [2.05, 4.69) is 53.1 Å². The maximum absolute atomic E-state index is 13.2. The number of thiazole rings is 1. The molecule has 45 heavy (non-hydrogen) atoms. The number of anilines is 1. The van der Waals surface area contributed by atoms with E-state index >= 15 is 0 Å². The topological polar surface area (TPSA) is 117 Å². The first-order valence-corrected chi connectivity index (χ1v) is 17.3. The number of carbonyl (C=O) groups excluding carboxylic acids is 2. The van der Waals surface area contributed by atoms with Crippen molar-refractivity contribution in [2.45, 2.75) is 45.2 Å². The van der Waals surface area contributed by atoms with Gasteiger partial charge in [-0.3, -0.25) is 9.59 Å². The van der Waals surface area contributed by atoms with E-state index in [1.54, 1.807) is 17.1 Å². The van der Waals surface area contributed by atoms with Gasteiger partial charge in [0.15, 0.2) is 5.13 Å². The Kier molecular flexibility index (Phi) is 15.2. The molecule has 0 aliphatic carbocycles. The van der Waals surface area contributed by atoms with Gasteiger partial charge in [-0.2, -0.15) is 0 Å². The predicted octanol–water partition coefficient (Wildman–Crippen LogP) is 5.33. The smallest absolute Gasteiger partial charge is 0.243 e. The number of rotatable bonds is 9. The average Bonchev–Trinajstić information content (AvgIpc) is 3.70. The Morgan fingerprint density at radius 2 is 1.58 bits per heavy atom. The van der Waals surface area contributed by atoms with Gasteiger partial charge in [-0.15, -0.1) is 11.3 Å². The number of aryl methyl sites for hydroxylation is 2. The molecule has 8 nitrogen and oxygen atoms in total. The molecule has 2 amide bonds. The second-order valence-corrected chi connectivity index (χ2v) is 12.6. The molecule has 3 atom stereocenters. The molecule has 1 aromatic heterocycles. The van der Waals surface area contributed by atoms with E-state index in [1.165, 1.54) is 28.7 Å². The molecular formula is C35H43N5O3S2. The molecule has 1 aliphatic heterocycles. The van der Waals surface area contributed by atoms with Crippen LogP contribution < -0.4 is 15.8 Å². The highest BCUT2D eigenvalue weighted by molar-refractivity contribution is 7.82. The maximum Gasteiger partial charge on any atom is 0.243 e. The largest absolute Gasteiger partial charge is 0.375 e. The molecule has 10 heteroatoms. The first-order valence-electron chi connectivity index (χ1n) is 14.9. The van der Waals surface area contributed by atoms with Crippen LogP contribution >= 0.6 is 11.3 Å². The lowest BCUT2D eigenvalue weighted by atomic mass is 10.1. The van der Waals surface area contributed by atoms with Crippen molar-refractivity contribution >= 4 is 45.3 Å². The van der Waals surface area contributed by atoms with Gasteiger partial charge in [-0.05, 0) is 44.7 Å². The minimum atomic E-state index is -1.36. The minimum absolute atomic E-state index is 0.190. The third kappa shape index (κ3) is 13.2. The summed E-state index contributed by atoms with van der Waals surface area (Å²) in [7, 11) is -1.36. The molecule has 0 radical (unpaired) electrons. The molecule has 5 rings (SSSR count). The number of nitrogen functional groups attached to an aromatic ring is 1. The van der Waals surface area contributed by atoms with Crippen molar-refractivity contribution in [1.82, 2.24) is 19.9 Å². The normalized spacial score (nSPS) is 15.3. The Bertz CT molecular complexity index is 1460. The van der Waals surface area contributed by atoms with E-state index in [4.69, 9.17) is 5.73 Å². The monoisotopic (exact) mass is 645 g/mol. The summed E-state index contributed by atoms with van der Waals surface area (Å²) in [5, 5.41) is 5.19. The summed E-state index contributed by atoms with van der Waals surface area (Å²) in [6.07, 6.45) is 6.86. The van der Waals surface area contributed by atoms with Gasteiger partial charge in [-0.1, -0.05) is 108 Å². The van der Waals surface area contributed by atoms with E-state index in [1.807, 2.05) is 72.1 Å². The van der Waals surface area contributed by atoms with Crippen LogP contribution in [-0.4, -0.2) is 57.3 Å². The van der Waals surface area contributed by atoms with Crippen LogP contribution in [-0.2, 0) is 27.0 Å². The molecule has 4 N–H and O–H groups in total. The lowest BCUT2D eigenvalue weighted by molar-refractivity contribution is -0.139. The average molecular weight is 646 g/mol. The summed E-state index contributed by atoms with van der Waals surface area (Å²) in [6.45, 7) is 5.01. The molecule has 2 heterocycles. The summed E-state index contributed by atoms with van der Waals surface area (Å²) in [4.78, 5) is 31.7. The van der Waals surface area contributed by atoms with Crippen LogP contribution in [0.1, 0.15) is 35.2 Å². The zero-order valence-electron chi connectivity index (χ0n) is 26.1. The molecule has 0 spiro atoms. The summed E-state index contributed by atoms with van der Waals surface area (Å²) < 4.78 is 14.7. The second kappa shape index (κ2) is 19.3. The standard InChI is InChI=1S/C21H27N5O3S2.2C7H8/c1-31(29)25-17(13-15-7-3-2-4-8-15)20(28)26-12-6-10-18(26)19(27)23-11-5-9-16-14-30-21(22)24-16;2*1-7-5-3-2-4-6-7/h2-5,7-9,14,17-18,25H,6,10-13H2,1H3,(H2,22,24)(H,23,27);2*2-6H,1H3/b9-5+;;/t17-,18+,31?;;/m1../s1. The maximum atomic E-state index is 13.2. The fraction of sp³-hybridized carbons (Fsp3) is 0.286. The van der Waals surface area contributed by atoms with E-state index in [-0.39, 0.29) is 11.8 Å². The number of hydrogen-bond acceptors (Lipinski definition) is 6. The van der Waals surface area contributed by atoms with E-state index in [9.17, 15) is 13.8 Å². The number of likely N-dealkylation sites (tertiary alicyclic amines) is 1. The van der Waals surface area contributed by atoms with Crippen molar-refractivity contribution < 1.29 is 13.8 Å². The highest BCUT2D eigenvalue weighted by Gasteiger charge is 2.37. The Balaban J connectivity index is 0.000000320. The van der Waals surface area contributed by atoms with Gasteiger partial charge in [0.2, 0.25) is 11.8 Å². The number of aromatic nitrogens is 1. The lowest BCUT2D eigenvalue weighted by Gasteiger charge is -2.28. The predicted molar refractivity (Wildman–Crippen MR) is 187 cm³/mol. The molecule has 0 saturated carbocycles.